The molecule has 0 spiro atoms. The van der Waals surface area contributed by atoms with E-state index in [4.69, 9.17) is 26.3 Å². The number of rotatable bonds is 6. The Morgan fingerprint density at radius 3 is 2.67 bits per heavy atom. The molecular formula is C13H16ClNO3. The van der Waals surface area contributed by atoms with E-state index < -0.39 is 6.10 Å². The van der Waals surface area contributed by atoms with E-state index in [0.29, 0.717) is 35.1 Å². The third kappa shape index (κ3) is 3.80. The first-order valence-electron chi connectivity index (χ1n) is 5.79. The normalized spacial score (nSPS) is 11.7. The fourth-order valence-electron chi connectivity index (χ4n) is 1.33. The molecule has 0 amide bonds. The Hall–Kier alpha value is -1.44. The van der Waals surface area contributed by atoms with E-state index in [1.54, 1.807) is 6.07 Å². The molecule has 0 saturated carbocycles. The van der Waals surface area contributed by atoms with Crippen molar-refractivity contribution in [1.29, 1.82) is 5.26 Å². The van der Waals surface area contributed by atoms with E-state index in [0.717, 1.165) is 0 Å². The van der Waals surface area contributed by atoms with Crippen LogP contribution in [0, 0.1) is 11.3 Å². The summed E-state index contributed by atoms with van der Waals surface area (Å²) in [6.45, 7) is 4.27. The zero-order valence-corrected chi connectivity index (χ0v) is 11.2. The maximum Gasteiger partial charge on any atom is 0.179 e. The molecule has 4 nitrogen and oxygen atoms in total. The number of nitriles is 1. The van der Waals surface area contributed by atoms with Crippen LogP contribution in [-0.2, 0) is 0 Å². The van der Waals surface area contributed by atoms with Crippen LogP contribution in [0.5, 0.6) is 11.5 Å². The van der Waals surface area contributed by atoms with Gasteiger partial charge >= 0.3 is 0 Å². The van der Waals surface area contributed by atoms with Crippen LogP contribution in [0.3, 0.4) is 0 Å². The maximum absolute atomic E-state index is 9.47. The maximum atomic E-state index is 9.47. The van der Waals surface area contributed by atoms with Crippen molar-refractivity contribution < 1.29 is 14.6 Å². The third-order valence-electron chi connectivity index (χ3n) is 2.33. The van der Waals surface area contributed by atoms with Crippen LogP contribution in [0.1, 0.15) is 25.8 Å². The van der Waals surface area contributed by atoms with Crippen LogP contribution in [0.15, 0.2) is 12.1 Å². The molecule has 0 radical (unpaired) electrons. The molecule has 5 heteroatoms. The smallest absolute Gasteiger partial charge is 0.179 e. The second kappa shape index (κ2) is 7.10. The summed E-state index contributed by atoms with van der Waals surface area (Å²) in [6.07, 6.45) is 0.0453. The molecule has 0 heterocycles. The minimum Gasteiger partial charge on any atom is -0.490 e. The van der Waals surface area contributed by atoms with E-state index in [-0.39, 0.29) is 6.61 Å². The van der Waals surface area contributed by atoms with Crippen molar-refractivity contribution in [1.82, 2.24) is 0 Å². The largest absolute Gasteiger partial charge is 0.490 e. The van der Waals surface area contributed by atoms with Crippen molar-refractivity contribution >= 4 is 11.6 Å². The first kappa shape index (κ1) is 14.6. The molecule has 0 fully saturated rings. The highest BCUT2D eigenvalue weighted by molar-refractivity contribution is 6.32. The van der Waals surface area contributed by atoms with Gasteiger partial charge in [-0.1, -0.05) is 18.5 Å². The van der Waals surface area contributed by atoms with E-state index in [9.17, 15) is 5.11 Å². The zero-order chi connectivity index (χ0) is 13.5. The lowest BCUT2D eigenvalue weighted by Gasteiger charge is -2.15. The first-order chi connectivity index (χ1) is 8.62. The minimum atomic E-state index is -0.550. The van der Waals surface area contributed by atoms with Crippen molar-refractivity contribution in [3.05, 3.63) is 22.7 Å². The molecule has 0 aliphatic heterocycles. The van der Waals surface area contributed by atoms with Crippen LogP contribution < -0.4 is 9.47 Å². The van der Waals surface area contributed by atoms with E-state index in [1.807, 2.05) is 19.9 Å². The molecule has 1 atom stereocenters. The predicted molar refractivity (Wildman–Crippen MR) is 69.1 cm³/mol. The number of ether oxygens (including phenoxy) is 2. The van der Waals surface area contributed by atoms with E-state index in [2.05, 4.69) is 0 Å². The molecule has 1 aromatic rings. The lowest BCUT2D eigenvalue weighted by Crippen LogP contribution is -2.16. The predicted octanol–water partition coefficient (Wildman–Crippen LogP) is 2.76. The van der Waals surface area contributed by atoms with Crippen molar-refractivity contribution in [3.8, 4) is 17.6 Å². The molecule has 1 rings (SSSR count). The lowest BCUT2D eigenvalue weighted by atomic mass is 10.2. The summed E-state index contributed by atoms with van der Waals surface area (Å²) in [6, 6.07) is 5.08. The van der Waals surface area contributed by atoms with Gasteiger partial charge in [-0.15, -0.1) is 0 Å². The first-order valence-corrected chi connectivity index (χ1v) is 6.17. The van der Waals surface area contributed by atoms with Crippen LogP contribution in [0.2, 0.25) is 5.02 Å². The van der Waals surface area contributed by atoms with Crippen LogP contribution in [0.4, 0.5) is 0 Å². The molecule has 98 valence electrons. The number of hydrogen-bond donors (Lipinski definition) is 1. The van der Waals surface area contributed by atoms with Gasteiger partial charge in [0.15, 0.2) is 11.5 Å². The summed E-state index contributed by atoms with van der Waals surface area (Å²) in [5.41, 5.74) is 0.409. The quantitative estimate of drug-likeness (QED) is 0.863. The van der Waals surface area contributed by atoms with Crippen molar-refractivity contribution in [3.63, 3.8) is 0 Å². The average Bonchev–Trinajstić information content (AvgIpc) is 2.37. The van der Waals surface area contributed by atoms with Gasteiger partial charge in [0.2, 0.25) is 0 Å². The minimum absolute atomic E-state index is 0.141. The molecule has 0 saturated heterocycles. The van der Waals surface area contributed by atoms with Gasteiger partial charge in [0.05, 0.1) is 29.4 Å². The SMILES string of the molecule is CCOc1cc(C#N)cc(Cl)c1OCC(O)CC. The van der Waals surface area contributed by atoms with Gasteiger partial charge in [-0.2, -0.15) is 5.26 Å². The molecule has 0 aliphatic rings. The molecule has 1 unspecified atom stereocenters. The second-order valence-corrected chi connectivity index (χ2v) is 4.11. The van der Waals surface area contributed by atoms with Gasteiger partial charge in [0.25, 0.3) is 0 Å². The summed E-state index contributed by atoms with van der Waals surface area (Å²) in [4.78, 5) is 0. The summed E-state index contributed by atoms with van der Waals surface area (Å²) in [5.74, 6) is 0.787. The Kier molecular flexibility index (Phi) is 5.76. The van der Waals surface area contributed by atoms with Gasteiger partial charge in [0, 0.05) is 6.07 Å². The molecule has 0 aliphatic carbocycles. The standard InChI is InChI=1S/C13H16ClNO3/c1-3-10(16)8-18-13-11(14)5-9(7-15)6-12(13)17-4-2/h5-6,10,16H,3-4,8H2,1-2H3. The lowest BCUT2D eigenvalue weighted by molar-refractivity contribution is 0.102. The van der Waals surface area contributed by atoms with E-state index >= 15 is 0 Å². The Morgan fingerprint density at radius 1 is 1.39 bits per heavy atom. The third-order valence-corrected chi connectivity index (χ3v) is 2.61. The summed E-state index contributed by atoms with van der Waals surface area (Å²) in [5, 5.41) is 18.6. The average molecular weight is 270 g/mol. The Balaban J connectivity index is 2.97. The molecule has 18 heavy (non-hydrogen) atoms. The van der Waals surface area contributed by atoms with Crippen molar-refractivity contribution in [2.75, 3.05) is 13.2 Å². The Labute approximate surface area is 112 Å². The Bertz CT molecular complexity index is 443. The summed E-state index contributed by atoms with van der Waals surface area (Å²) < 4.78 is 10.8. The number of halogens is 1. The second-order valence-electron chi connectivity index (χ2n) is 3.70. The number of aliphatic hydroxyl groups is 1. The summed E-state index contributed by atoms with van der Waals surface area (Å²) in [7, 11) is 0. The number of nitrogens with zero attached hydrogens (tertiary/aromatic N) is 1. The van der Waals surface area contributed by atoms with E-state index in [1.165, 1.54) is 6.07 Å². The number of aliphatic hydroxyl groups excluding tert-OH is 1. The van der Waals surface area contributed by atoms with Gasteiger partial charge in [-0.05, 0) is 19.4 Å². The zero-order valence-electron chi connectivity index (χ0n) is 10.4. The van der Waals surface area contributed by atoms with Gasteiger partial charge in [-0.3, -0.25) is 0 Å². The van der Waals surface area contributed by atoms with Crippen LogP contribution in [-0.4, -0.2) is 24.4 Å². The van der Waals surface area contributed by atoms with Crippen LogP contribution in [0.25, 0.3) is 0 Å². The highest BCUT2D eigenvalue weighted by Gasteiger charge is 2.14. The van der Waals surface area contributed by atoms with Crippen LogP contribution >= 0.6 is 11.6 Å². The molecular weight excluding hydrogens is 254 g/mol. The van der Waals surface area contributed by atoms with Crippen molar-refractivity contribution in [2.45, 2.75) is 26.4 Å². The fraction of sp³-hybridized carbons (Fsp3) is 0.462. The highest BCUT2D eigenvalue weighted by Crippen LogP contribution is 2.36. The van der Waals surface area contributed by atoms with Crippen molar-refractivity contribution in [2.24, 2.45) is 0 Å². The molecule has 1 N–H and O–H groups in total. The number of benzene rings is 1. The number of hydrogen-bond acceptors (Lipinski definition) is 4. The fourth-order valence-corrected chi connectivity index (χ4v) is 1.60. The topological polar surface area (TPSA) is 62.5 Å². The van der Waals surface area contributed by atoms with Gasteiger partial charge in [0.1, 0.15) is 6.61 Å². The monoisotopic (exact) mass is 269 g/mol. The van der Waals surface area contributed by atoms with Gasteiger partial charge in [-0.25, -0.2) is 0 Å². The molecule has 1 aromatic carbocycles. The molecule has 0 aromatic heterocycles. The summed E-state index contributed by atoms with van der Waals surface area (Å²) >= 11 is 6.04. The highest BCUT2D eigenvalue weighted by atomic mass is 35.5. The van der Waals surface area contributed by atoms with Gasteiger partial charge < -0.3 is 14.6 Å². The molecule has 0 bridgehead atoms. The Morgan fingerprint density at radius 2 is 2.11 bits per heavy atom.